The fraction of sp³-hybridized carbons (Fsp3) is 1.00. The molecule has 14 heavy (non-hydrogen) atoms. The standard InChI is InChI=1S/C11H22N2S/c1-14-10-13-8-4-11(5-9-13)2-6-12-7-3-11/h12H,2-10H2,1H3. The highest BCUT2D eigenvalue weighted by Crippen LogP contribution is 2.39. The molecule has 0 saturated carbocycles. The van der Waals surface area contributed by atoms with Crippen molar-refractivity contribution < 1.29 is 0 Å². The van der Waals surface area contributed by atoms with E-state index in [1.807, 2.05) is 11.8 Å². The molecule has 2 rings (SSSR count). The van der Waals surface area contributed by atoms with Crippen LogP contribution in [0.3, 0.4) is 0 Å². The summed E-state index contributed by atoms with van der Waals surface area (Å²) in [6, 6.07) is 0. The summed E-state index contributed by atoms with van der Waals surface area (Å²) in [5.41, 5.74) is 0.722. The summed E-state index contributed by atoms with van der Waals surface area (Å²) in [4.78, 5) is 2.61. The summed E-state index contributed by atoms with van der Waals surface area (Å²) >= 11 is 1.96. The third kappa shape index (κ3) is 2.44. The summed E-state index contributed by atoms with van der Waals surface area (Å²) < 4.78 is 0. The van der Waals surface area contributed by atoms with E-state index in [1.54, 1.807) is 0 Å². The number of thioether (sulfide) groups is 1. The molecular formula is C11H22N2S. The molecule has 2 aliphatic rings. The lowest BCUT2D eigenvalue weighted by Gasteiger charge is -2.44. The first-order chi connectivity index (χ1) is 6.85. The molecule has 2 fully saturated rings. The molecule has 0 aromatic carbocycles. The van der Waals surface area contributed by atoms with Gasteiger partial charge in [0.25, 0.3) is 0 Å². The van der Waals surface area contributed by atoms with Crippen LogP contribution in [0.1, 0.15) is 25.7 Å². The van der Waals surface area contributed by atoms with Crippen molar-refractivity contribution in [3.05, 3.63) is 0 Å². The largest absolute Gasteiger partial charge is 0.317 e. The third-order valence-corrected chi connectivity index (χ3v) is 4.52. The zero-order chi connectivity index (χ0) is 9.86. The van der Waals surface area contributed by atoms with E-state index in [9.17, 15) is 0 Å². The maximum Gasteiger partial charge on any atom is 0.0441 e. The lowest BCUT2D eigenvalue weighted by Crippen LogP contribution is -2.45. The highest BCUT2D eigenvalue weighted by atomic mass is 32.2. The summed E-state index contributed by atoms with van der Waals surface area (Å²) in [5.74, 6) is 1.23. The number of nitrogens with one attached hydrogen (secondary N) is 1. The van der Waals surface area contributed by atoms with Crippen molar-refractivity contribution in [3.8, 4) is 0 Å². The molecule has 0 aliphatic carbocycles. The number of rotatable bonds is 2. The van der Waals surface area contributed by atoms with Crippen molar-refractivity contribution in [1.29, 1.82) is 0 Å². The van der Waals surface area contributed by atoms with E-state index in [0.717, 1.165) is 5.41 Å². The lowest BCUT2D eigenvalue weighted by molar-refractivity contribution is 0.0845. The van der Waals surface area contributed by atoms with Gasteiger partial charge in [-0.25, -0.2) is 0 Å². The number of likely N-dealkylation sites (tertiary alicyclic amines) is 1. The van der Waals surface area contributed by atoms with E-state index in [4.69, 9.17) is 0 Å². The highest BCUT2D eigenvalue weighted by Gasteiger charge is 2.35. The molecule has 0 amide bonds. The number of hydrogen-bond acceptors (Lipinski definition) is 3. The van der Waals surface area contributed by atoms with Gasteiger partial charge in [0, 0.05) is 5.88 Å². The van der Waals surface area contributed by atoms with E-state index >= 15 is 0 Å². The van der Waals surface area contributed by atoms with Gasteiger partial charge in [-0.05, 0) is 63.5 Å². The number of nitrogens with zero attached hydrogens (tertiary/aromatic N) is 1. The molecule has 2 heterocycles. The van der Waals surface area contributed by atoms with Gasteiger partial charge in [-0.3, -0.25) is 4.90 Å². The molecule has 1 spiro atoms. The van der Waals surface area contributed by atoms with Crippen LogP contribution in [0.15, 0.2) is 0 Å². The fourth-order valence-electron chi connectivity index (χ4n) is 2.80. The van der Waals surface area contributed by atoms with Crippen LogP contribution in [-0.2, 0) is 0 Å². The Kier molecular flexibility index (Phi) is 3.74. The van der Waals surface area contributed by atoms with Crippen LogP contribution in [0.4, 0.5) is 0 Å². The molecular weight excluding hydrogens is 192 g/mol. The van der Waals surface area contributed by atoms with Crippen LogP contribution >= 0.6 is 11.8 Å². The van der Waals surface area contributed by atoms with Crippen molar-refractivity contribution in [2.45, 2.75) is 25.7 Å². The average Bonchev–Trinajstić information content (AvgIpc) is 2.24. The minimum absolute atomic E-state index is 0.722. The monoisotopic (exact) mass is 214 g/mol. The Morgan fingerprint density at radius 2 is 1.79 bits per heavy atom. The van der Waals surface area contributed by atoms with E-state index in [1.165, 1.54) is 57.7 Å². The SMILES string of the molecule is CSCN1CCC2(CCNCC2)CC1. The molecule has 0 bridgehead atoms. The van der Waals surface area contributed by atoms with E-state index in [2.05, 4.69) is 16.5 Å². The first kappa shape index (κ1) is 10.8. The van der Waals surface area contributed by atoms with Gasteiger partial charge < -0.3 is 5.32 Å². The zero-order valence-corrected chi connectivity index (χ0v) is 10.0. The Hall–Kier alpha value is 0.270. The minimum atomic E-state index is 0.722. The van der Waals surface area contributed by atoms with E-state index < -0.39 is 0 Å². The van der Waals surface area contributed by atoms with Crippen LogP contribution in [0, 0.1) is 5.41 Å². The second kappa shape index (κ2) is 4.86. The Labute approximate surface area is 91.8 Å². The smallest absolute Gasteiger partial charge is 0.0441 e. The topological polar surface area (TPSA) is 15.3 Å². The predicted molar refractivity (Wildman–Crippen MR) is 63.7 cm³/mol. The van der Waals surface area contributed by atoms with Crippen LogP contribution < -0.4 is 5.32 Å². The Morgan fingerprint density at radius 1 is 1.14 bits per heavy atom. The minimum Gasteiger partial charge on any atom is -0.317 e. The van der Waals surface area contributed by atoms with Gasteiger partial charge in [-0.15, -0.1) is 11.8 Å². The van der Waals surface area contributed by atoms with Crippen molar-refractivity contribution in [3.63, 3.8) is 0 Å². The van der Waals surface area contributed by atoms with Crippen LogP contribution in [0.2, 0.25) is 0 Å². The Balaban J connectivity index is 1.81. The molecule has 0 radical (unpaired) electrons. The fourth-order valence-corrected chi connectivity index (χ4v) is 3.42. The molecule has 0 aromatic rings. The summed E-state index contributed by atoms with van der Waals surface area (Å²) in [5, 5.41) is 3.47. The second-order valence-electron chi connectivity index (χ2n) is 4.79. The molecule has 2 nitrogen and oxygen atoms in total. The lowest BCUT2D eigenvalue weighted by atomic mass is 9.72. The van der Waals surface area contributed by atoms with Gasteiger partial charge in [0.2, 0.25) is 0 Å². The van der Waals surface area contributed by atoms with Gasteiger partial charge in [-0.2, -0.15) is 0 Å². The third-order valence-electron chi connectivity index (χ3n) is 3.89. The number of hydrogen-bond donors (Lipinski definition) is 1. The van der Waals surface area contributed by atoms with Crippen LogP contribution in [0.5, 0.6) is 0 Å². The summed E-state index contributed by atoms with van der Waals surface area (Å²) in [7, 11) is 0. The maximum atomic E-state index is 3.47. The van der Waals surface area contributed by atoms with Gasteiger partial charge in [0.15, 0.2) is 0 Å². The van der Waals surface area contributed by atoms with E-state index in [-0.39, 0.29) is 0 Å². The van der Waals surface area contributed by atoms with Crippen molar-refractivity contribution in [2.75, 3.05) is 38.3 Å². The molecule has 0 unspecified atom stereocenters. The highest BCUT2D eigenvalue weighted by molar-refractivity contribution is 7.98. The first-order valence-corrected chi connectivity index (χ1v) is 7.16. The molecule has 1 N–H and O–H groups in total. The predicted octanol–water partition coefficient (Wildman–Crippen LogP) is 1.77. The average molecular weight is 214 g/mol. The zero-order valence-electron chi connectivity index (χ0n) is 9.22. The summed E-state index contributed by atoms with van der Waals surface area (Å²) in [6.07, 6.45) is 7.92. The normalized spacial score (nSPS) is 28.1. The van der Waals surface area contributed by atoms with Crippen LogP contribution in [-0.4, -0.2) is 43.2 Å². The number of piperidine rings is 2. The first-order valence-electron chi connectivity index (χ1n) is 5.77. The van der Waals surface area contributed by atoms with Gasteiger partial charge in [0.05, 0.1) is 0 Å². The Bertz CT molecular complexity index is 168. The molecule has 2 saturated heterocycles. The van der Waals surface area contributed by atoms with Crippen molar-refractivity contribution >= 4 is 11.8 Å². The van der Waals surface area contributed by atoms with E-state index in [0.29, 0.717) is 0 Å². The quantitative estimate of drug-likeness (QED) is 0.754. The molecule has 0 atom stereocenters. The van der Waals surface area contributed by atoms with Gasteiger partial charge in [0.1, 0.15) is 0 Å². The van der Waals surface area contributed by atoms with Crippen molar-refractivity contribution in [2.24, 2.45) is 5.41 Å². The molecule has 2 aliphatic heterocycles. The second-order valence-corrected chi connectivity index (χ2v) is 5.62. The molecule has 3 heteroatoms. The molecule has 0 aromatic heterocycles. The summed E-state index contributed by atoms with van der Waals surface area (Å²) in [6.45, 7) is 5.17. The molecule has 82 valence electrons. The Morgan fingerprint density at radius 3 is 2.36 bits per heavy atom. The van der Waals surface area contributed by atoms with Crippen LogP contribution in [0.25, 0.3) is 0 Å². The van der Waals surface area contributed by atoms with Gasteiger partial charge >= 0.3 is 0 Å². The van der Waals surface area contributed by atoms with Crippen molar-refractivity contribution in [1.82, 2.24) is 10.2 Å². The van der Waals surface area contributed by atoms with Gasteiger partial charge in [-0.1, -0.05) is 0 Å². The maximum absolute atomic E-state index is 3.47.